The molecule has 0 bridgehead atoms. The molecular weight excluding hydrogens is 405 g/mol. The maximum atomic E-state index is 14.3. The van der Waals surface area contributed by atoms with Crippen LogP contribution in [0, 0.1) is 11.7 Å². The summed E-state index contributed by atoms with van der Waals surface area (Å²) in [5.41, 5.74) is 0.919. The van der Waals surface area contributed by atoms with Gasteiger partial charge in [0.2, 0.25) is 5.91 Å². The molecule has 1 aliphatic heterocycles. The van der Waals surface area contributed by atoms with E-state index >= 15 is 0 Å². The number of hydrogen-bond acceptors (Lipinski definition) is 5. The third-order valence-corrected chi connectivity index (χ3v) is 5.89. The maximum absolute atomic E-state index is 14.3. The average molecular weight is 432 g/mol. The maximum Gasteiger partial charge on any atom is 0.262 e. The Kier molecular flexibility index (Phi) is 7.33. The summed E-state index contributed by atoms with van der Waals surface area (Å²) in [5.74, 6) is -1.03. The molecule has 0 saturated carbocycles. The van der Waals surface area contributed by atoms with Crippen LogP contribution in [0.5, 0.6) is 0 Å². The molecule has 0 radical (unpaired) electrons. The largest absolute Gasteiger partial charge is 0.383 e. The quantitative estimate of drug-likeness (QED) is 0.640. The van der Waals surface area contributed by atoms with Gasteiger partial charge in [0.15, 0.2) is 0 Å². The molecule has 1 aliphatic rings. The summed E-state index contributed by atoms with van der Waals surface area (Å²) < 4.78 is 19.4. The minimum absolute atomic E-state index is 0.101. The van der Waals surface area contributed by atoms with Crippen molar-refractivity contribution in [1.29, 1.82) is 0 Å². The second kappa shape index (κ2) is 9.95. The Labute approximate surface area is 179 Å². The summed E-state index contributed by atoms with van der Waals surface area (Å²) >= 11 is 1.53. The van der Waals surface area contributed by atoms with Gasteiger partial charge in [0.1, 0.15) is 12.4 Å². The fourth-order valence-electron chi connectivity index (χ4n) is 3.37. The van der Waals surface area contributed by atoms with Crippen molar-refractivity contribution in [1.82, 2.24) is 9.91 Å². The van der Waals surface area contributed by atoms with Crippen LogP contribution in [0.3, 0.4) is 0 Å². The van der Waals surface area contributed by atoms with Gasteiger partial charge in [-0.05, 0) is 17.5 Å². The first-order valence-electron chi connectivity index (χ1n) is 9.88. The molecule has 8 heteroatoms. The van der Waals surface area contributed by atoms with Gasteiger partial charge in [0.05, 0.1) is 18.4 Å². The van der Waals surface area contributed by atoms with E-state index in [0.29, 0.717) is 30.8 Å². The molecule has 1 aromatic carbocycles. The Morgan fingerprint density at radius 1 is 1.30 bits per heavy atom. The SMILES string of the molecule is COCCN(CC(=O)N1N=C(c2ccccc2F)C[C@@H]1c1cccs1)C(=O)C(C)C. The Bertz CT molecular complexity index is 914. The molecule has 2 aromatic rings. The topological polar surface area (TPSA) is 62.2 Å². The number of carbonyl (C=O) groups excluding carboxylic acids is 2. The fourth-order valence-corrected chi connectivity index (χ4v) is 4.18. The number of thiophene rings is 1. The summed E-state index contributed by atoms with van der Waals surface area (Å²) in [6, 6.07) is 9.97. The van der Waals surface area contributed by atoms with Crippen molar-refractivity contribution in [2.24, 2.45) is 11.0 Å². The van der Waals surface area contributed by atoms with Gasteiger partial charge < -0.3 is 9.64 Å². The first-order chi connectivity index (χ1) is 14.4. The molecule has 2 heterocycles. The predicted octanol–water partition coefficient (Wildman–Crippen LogP) is 3.70. The van der Waals surface area contributed by atoms with Gasteiger partial charge in [-0.1, -0.05) is 38.1 Å². The average Bonchev–Trinajstić information content (AvgIpc) is 3.40. The molecule has 160 valence electrons. The van der Waals surface area contributed by atoms with Gasteiger partial charge in [-0.2, -0.15) is 5.10 Å². The van der Waals surface area contributed by atoms with Crippen LogP contribution in [0.1, 0.15) is 36.8 Å². The zero-order chi connectivity index (χ0) is 21.7. The summed E-state index contributed by atoms with van der Waals surface area (Å²) in [5, 5.41) is 7.83. The molecule has 2 amide bonds. The zero-order valence-electron chi connectivity index (χ0n) is 17.4. The number of rotatable bonds is 8. The Morgan fingerprint density at radius 2 is 2.07 bits per heavy atom. The van der Waals surface area contributed by atoms with Crippen LogP contribution in [0.15, 0.2) is 46.9 Å². The molecule has 0 aliphatic carbocycles. The van der Waals surface area contributed by atoms with E-state index < -0.39 is 0 Å². The monoisotopic (exact) mass is 431 g/mol. The van der Waals surface area contributed by atoms with Crippen molar-refractivity contribution >= 4 is 28.9 Å². The first kappa shape index (κ1) is 22.1. The van der Waals surface area contributed by atoms with E-state index in [1.54, 1.807) is 39.2 Å². The zero-order valence-corrected chi connectivity index (χ0v) is 18.2. The van der Waals surface area contributed by atoms with Gasteiger partial charge in [-0.3, -0.25) is 9.59 Å². The lowest BCUT2D eigenvalue weighted by Crippen LogP contribution is -2.44. The van der Waals surface area contributed by atoms with Crippen molar-refractivity contribution in [2.45, 2.75) is 26.3 Å². The van der Waals surface area contributed by atoms with Crippen molar-refractivity contribution in [3.8, 4) is 0 Å². The number of amides is 2. The molecule has 6 nitrogen and oxygen atoms in total. The first-order valence-corrected chi connectivity index (χ1v) is 10.8. The van der Waals surface area contributed by atoms with Crippen LogP contribution in [0.4, 0.5) is 4.39 Å². The smallest absolute Gasteiger partial charge is 0.262 e. The highest BCUT2D eigenvalue weighted by atomic mass is 32.1. The summed E-state index contributed by atoms with van der Waals surface area (Å²) in [7, 11) is 1.55. The predicted molar refractivity (Wildman–Crippen MR) is 115 cm³/mol. The highest BCUT2D eigenvalue weighted by molar-refractivity contribution is 7.10. The van der Waals surface area contributed by atoms with E-state index in [1.807, 2.05) is 17.5 Å². The minimum Gasteiger partial charge on any atom is -0.383 e. The van der Waals surface area contributed by atoms with Crippen molar-refractivity contribution < 1.29 is 18.7 Å². The second-order valence-electron chi connectivity index (χ2n) is 7.41. The standard InChI is InChI=1S/C22H26FN3O3S/c1-15(2)22(28)25(10-11-29-3)14-21(27)26-19(20-9-6-12-30-20)13-18(24-26)16-7-4-5-8-17(16)23/h4-9,12,15,19H,10-11,13-14H2,1-3H3/t19-/m1/s1. The van der Waals surface area contributed by atoms with E-state index in [-0.39, 0.29) is 36.1 Å². The number of methoxy groups -OCH3 is 1. The molecule has 0 unspecified atom stereocenters. The number of benzene rings is 1. The van der Waals surface area contributed by atoms with E-state index in [4.69, 9.17) is 4.74 Å². The van der Waals surface area contributed by atoms with Crippen LogP contribution < -0.4 is 0 Å². The van der Waals surface area contributed by atoms with Gasteiger partial charge in [0, 0.05) is 36.4 Å². The van der Waals surface area contributed by atoms with Gasteiger partial charge >= 0.3 is 0 Å². The minimum atomic E-state index is -0.368. The van der Waals surface area contributed by atoms with E-state index in [0.717, 1.165) is 4.88 Å². The molecule has 3 rings (SSSR count). The van der Waals surface area contributed by atoms with Crippen LogP contribution in [-0.4, -0.2) is 54.2 Å². The molecule has 0 fully saturated rings. The molecular formula is C22H26FN3O3S. The van der Waals surface area contributed by atoms with E-state index in [2.05, 4.69) is 5.10 Å². The Hall–Kier alpha value is -2.58. The summed E-state index contributed by atoms with van der Waals surface area (Å²) in [4.78, 5) is 28.2. The number of hydrazone groups is 1. The summed E-state index contributed by atoms with van der Waals surface area (Å²) in [6.45, 7) is 4.15. The fraction of sp³-hybridized carbons (Fsp3) is 0.409. The second-order valence-corrected chi connectivity index (χ2v) is 8.39. The summed E-state index contributed by atoms with van der Waals surface area (Å²) in [6.07, 6.45) is 0.420. The number of hydrogen-bond donors (Lipinski definition) is 0. The number of nitrogens with zero attached hydrogens (tertiary/aromatic N) is 3. The molecule has 1 atom stereocenters. The highest BCUT2D eigenvalue weighted by Crippen LogP contribution is 2.35. The van der Waals surface area contributed by atoms with Crippen LogP contribution >= 0.6 is 11.3 Å². The van der Waals surface area contributed by atoms with E-state index in [1.165, 1.54) is 27.3 Å². The molecule has 0 spiro atoms. The van der Waals surface area contributed by atoms with E-state index in [9.17, 15) is 14.0 Å². The third kappa shape index (κ3) is 4.94. The van der Waals surface area contributed by atoms with Crippen LogP contribution in [-0.2, 0) is 14.3 Å². The Morgan fingerprint density at radius 3 is 2.70 bits per heavy atom. The van der Waals surface area contributed by atoms with Gasteiger partial charge in [-0.15, -0.1) is 11.3 Å². The highest BCUT2D eigenvalue weighted by Gasteiger charge is 2.35. The number of ether oxygens (including phenoxy) is 1. The molecule has 0 N–H and O–H groups in total. The third-order valence-electron chi connectivity index (χ3n) is 4.92. The van der Waals surface area contributed by atoms with Crippen molar-refractivity contribution in [3.05, 3.63) is 58.0 Å². The normalized spacial score (nSPS) is 16.1. The van der Waals surface area contributed by atoms with Crippen molar-refractivity contribution in [3.63, 3.8) is 0 Å². The van der Waals surface area contributed by atoms with Crippen LogP contribution in [0.2, 0.25) is 0 Å². The van der Waals surface area contributed by atoms with Crippen LogP contribution in [0.25, 0.3) is 0 Å². The van der Waals surface area contributed by atoms with Gasteiger partial charge in [-0.25, -0.2) is 9.40 Å². The molecule has 30 heavy (non-hydrogen) atoms. The number of halogens is 1. The lowest BCUT2D eigenvalue weighted by atomic mass is 10.0. The molecule has 1 aromatic heterocycles. The Balaban J connectivity index is 1.87. The molecule has 0 saturated heterocycles. The van der Waals surface area contributed by atoms with Gasteiger partial charge in [0.25, 0.3) is 5.91 Å². The number of carbonyl (C=O) groups is 2. The van der Waals surface area contributed by atoms with Crippen molar-refractivity contribution in [2.75, 3.05) is 26.8 Å². The lowest BCUT2D eigenvalue weighted by Gasteiger charge is -2.27. The lowest BCUT2D eigenvalue weighted by molar-refractivity contribution is -0.143.